The van der Waals surface area contributed by atoms with Gasteiger partial charge in [-0.25, -0.2) is 19.6 Å². The third-order valence-electron chi connectivity index (χ3n) is 1.69. The molecule has 13 heavy (non-hydrogen) atoms. The molecule has 0 unspecified atom stereocenters. The van der Waals surface area contributed by atoms with E-state index in [0.717, 1.165) is 17.2 Å². The predicted molar refractivity (Wildman–Crippen MR) is 46.8 cm³/mol. The van der Waals surface area contributed by atoms with Crippen LogP contribution < -0.4 is 0 Å². The fraction of sp³-hybridized carbons (Fsp3) is 0.250. The van der Waals surface area contributed by atoms with E-state index in [0.29, 0.717) is 0 Å². The lowest BCUT2D eigenvalue weighted by Gasteiger charge is -1.96. The van der Waals surface area contributed by atoms with Crippen molar-refractivity contribution in [1.82, 2.24) is 24.7 Å². The van der Waals surface area contributed by atoms with Gasteiger partial charge < -0.3 is 0 Å². The quantitative estimate of drug-likeness (QED) is 0.636. The number of aromatic nitrogens is 5. The van der Waals surface area contributed by atoms with Crippen LogP contribution >= 0.6 is 0 Å². The molecule has 2 aromatic heterocycles. The maximum Gasteiger partial charge on any atom is 0.161 e. The lowest BCUT2D eigenvalue weighted by molar-refractivity contribution is 0.763. The molecule has 0 N–H and O–H groups in total. The van der Waals surface area contributed by atoms with E-state index in [1.165, 1.54) is 6.33 Å². The Bertz CT molecular complexity index is 406. The molecular formula is C8H9N5. The van der Waals surface area contributed by atoms with Crippen molar-refractivity contribution in [1.29, 1.82) is 0 Å². The summed E-state index contributed by atoms with van der Waals surface area (Å²) < 4.78 is 1.72. The number of hydrogen-bond donors (Lipinski definition) is 0. The van der Waals surface area contributed by atoms with E-state index in [1.807, 2.05) is 14.0 Å². The highest BCUT2D eigenvalue weighted by Gasteiger charge is 2.06. The van der Waals surface area contributed by atoms with Crippen LogP contribution in [0, 0.1) is 6.92 Å². The lowest BCUT2D eigenvalue weighted by atomic mass is 10.3. The molecule has 5 nitrogen and oxygen atoms in total. The predicted octanol–water partition coefficient (Wildman–Crippen LogP) is 0.581. The van der Waals surface area contributed by atoms with Crippen molar-refractivity contribution >= 4 is 0 Å². The number of hydrogen-bond acceptors (Lipinski definition) is 4. The summed E-state index contributed by atoms with van der Waals surface area (Å²) in [6.07, 6.45) is 4.93. The van der Waals surface area contributed by atoms with Gasteiger partial charge in [0.1, 0.15) is 12.2 Å². The third-order valence-corrected chi connectivity index (χ3v) is 1.69. The SMILES string of the molecule is Cc1nc(-c2cncnc2)n(C)n1. The number of nitrogens with zero attached hydrogens (tertiary/aromatic N) is 5. The molecule has 0 radical (unpaired) electrons. The van der Waals surface area contributed by atoms with Gasteiger partial charge >= 0.3 is 0 Å². The molecule has 0 saturated heterocycles. The molecule has 0 fully saturated rings. The summed E-state index contributed by atoms with van der Waals surface area (Å²) in [5, 5.41) is 4.14. The second-order valence-electron chi connectivity index (χ2n) is 2.73. The Morgan fingerprint density at radius 2 is 1.92 bits per heavy atom. The first kappa shape index (κ1) is 7.85. The smallest absolute Gasteiger partial charge is 0.161 e. The summed E-state index contributed by atoms with van der Waals surface area (Å²) in [5.41, 5.74) is 0.880. The Kier molecular flexibility index (Phi) is 1.77. The zero-order chi connectivity index (χ0) is 9.26. The van der Waals surface area contributed by atoms with Crippen molar-refractivity contribution in [3.05, 3.63) is 24.5 Å². The molecule has 0 aliphatic heterocycles. The van der Waals surface area contributed by atoms with Gasteiger partial charge in [-0.05, 0) is 6.92 Å². The van der Waals surface area contributed by atoms with Crippen molar-refractivity contribution in [2.45, 2.75) is 6.92 Å². The number of aryl methyl sites for hydroxylation is 2. The molecule has 2 rings (SSSR count). The van der Waals surface area contributed by atoms with E-state index in [-0.39, 0.29) is 0 Å². The van der Waals surface area contributed by atoms with Gasteiger partial charge in [0.25, 0.3) is 0 Å². The minimum absolute atomic E-state index is 0.751. The van der Waals surface area contributed by atoms with E-state index in [2.05, 4.69) is 20.1 Å². The van der Waals surface area contributed by atoms with Gasteiger partial charge in [0.2, 0.25) is 0 Å². The first-order valence-electron chi connectivity index (χ1n) is 3.90. The highest BCUT2D eigenvalue weighted by Crippen LogP contribution is 2.12. The molecule has 0 aliphatic rings. The third kappa shape index (κ3) is 1.40. The van der Waals surface area contributed by atoms with Crippen molar-refractivity contribution in [2.24, 2.45) is 7.05 Å². The highest BCUT2D eigenvalue weighted by atomic mass is 15.3. The molecule has 0 atom stereocenters. The monoisotopic (exact) mass is 175 g/mol. The summed E-state index contributed by atoms with van der Waals surface area (Å²) in [6, 6.07) is 0. The molecule has 5 heteroatoms. The first-order chi connectivity index (χ1) is 6.27. The van der Waals surface area contributed by atoms with Crippen LogP contribution in [0.5, 0.6) is 0 Å². The molecule has 2 heterocycles. The number of rotatable bonds is 1. The Morgan fingerprint density at radius 1 is 1.23 bits per heavy atom. The standard InChI is InChI=1S/C8H9N5/c1-6-11-8(13(2)12-6)7-3-9-5-10-4-7/h3-5H,1-2H3. The lowest BCUT2D eigenvalue weighted by Crippen LogP contribution is -1.95. The second kappa shape index (κ2) is 2.93. The molecule has 0 bridgehead atoms. The fourth-order valence-corrected chi connectivity index (χ4v) is 1.18. The van der Waals surface area contributed by atoms with Gasteiger partial charge in [-0.1, -0.05) is 0 Å². The average molecular weight is 175 g/mol. The van der Waals surface area contributed by atoms with E-state index in [1.54, 1.807) is 17.1 Å². The summed E-state index contributed by atoms with van der Waals surface area (Å²) in [6.45, 7) is 1.85. The van der Waals surface area contributed by atoms with Crippen LogP contribution in [-0.4, -0.2) is 24.7 Å². The van der Waals surface area contributed by atoms with E-state index in [9.17, 15) is 0 Å². The molecule has 0 spiro atoms. The molecule has 0 saturated carbocycles. The van der Waals surface area contributed by atoms with Crippen LogP contribution in [0.3, 0.4) is 0 Å². The van der Waals surface area contributed by atoms with Crippen molar-refractivity contribution < 1.29 is 0 Å². The summed E-state index contributed by atoms with van der Waals surface area (Å²) in [4.78, 5) is 12.1. The van der Waals surface area contributed by atoms with E-state index in [4.69, 9.17) is 0 Å². The minimum atomic E-state index is 0.751. The topological polar surface area (TPSA) is 56.5 Å². The summed E-state index contributed by atoms with van der Waals surface area (Å²) in [7, 11) is 1.85. The van der Waals surface area contributed by atoms with Crippen LogP contribution in [0.15, 0.2) is 18.7 Å². The van der Waals surface area contributed by atoms with Crippen LogP contribution in [-0.2, 0) is 7.05 Å². The van der Waals surface area contributed by atoms with Crippen molar-refractivity contribution in [3.8, 4) is 11.4 Å². The second-order valence-corrected chi connectivity index (χ2v) is 2.73. The van der Waals surface area contributed by atoms with Gasteiger partial charge in [0, 0.05) is 19.4 Å². The van der Waals surface area contributed by atoms with Crippen molar-refractivity contribution in [3.63, 3.8) is 0 Å². The maximum absolute atomic E-state index is 4.25. The van der Waals surface area contributed by atoms with Gasteiger partial charge in [-0.2, -0.15) is 5.10 Å². The van der Waals surface area contributed by atoms with Gasteiger partial charge in [0.05, 0.1) is 5.56 Å². The molecular weight excluding hydrogens is 166 g/mol. The molecule has 0 amide bonds. The molecule has 0 aliphatic carbocycles. The van der Waals surface area contributed by atoms with Crippen LogP contribution in [0.4, 0.5) is 0 Å². The highest BCUT2D eigenvalue weighted by molar-refractivity contribution is 5.51. The normalized spacial score (nSPS) is 10.3. The fourth-order valence-electron chi connectivity index (χ4n) is 1.18. The Hall–Kier alpha value is -1.78. The summed E-state index contributed by atoms with van der Waals surface area (Å²) in [5.74, 6) is 1.54. The van der Waals surface area contributed by atoms with Gasteiger partial charge in [0.15, 0.2) is 5.82 Å². The molecule has 0 aromatic carbocycles. The molecule has 2 aromatic rings. The van der Waals surface area contributed by atoms with E-state index >= 15 is 0 Å². The van der Waals surface area contributed by atoms with E-state index < -0.39 is 0 Å². The largest absolute Gasteiger partial charge is 0.249 e. The van der Waals surface area contributed by atoms with Gasteiger partial charge in [-0.3, -0.25) is 0 Å². The Balaban J connectivity index is 2.53. The van der Waals surface area contributed by atoms with Crippen LogP contribution in [0.25, 0.3) is 11.4 Å². The Morgan fingerprint density at radius 3 is 2.46 bits per heavy atom. The van der Waals surface area contributed by atoms with Crippen molar-refractivity contribution in [2.75, 3.05) is 0 Å². The average Bonchev–Trinajstić information content (AvgIpc) is 2.47. The Labute approximate surface area is 75.5 Å². The maximum atomic E-state index is 4.25. The van der Waals surface area contributed by atoms with Gasteiger partial charge in [-0.15, -0.1) is 0 Å². The zero-order valence-electron chi connectivity index (χ0n) is 7.47. The zero-order valence-corrected chi connectivity index (χ0v) is 7.47. The van der Waals surface area contributed by atoms with Crippen LogP contribution in [0.1, 0.15) is 5.82 Å². The molecule has 66 valence electrons. The minimum Gasteiger partial charge on any atom is -0.249 e. The van der Waals surface area contributed by atoms with Crippen LogP contribution in [0.2, 0.25) is 0 Å². The summed E-state index contributed by atoms with van der Waals surface area (Å²) >= 11 is 0. The first-order valence-corrected chi connectivity index (χ1v) is 3.90.